The van der Waals surface area contributed by atoms with Gasteiger partial charge in [0.2, 0.25) is 5.91 Å². The summed E-state index contributed by atoms with van der Waals surface area (Å²) in [5.74, 6) is 0.0434. The highest BCUT2D eigenvalue weighted by molar-refractivity contribution is 7.80. The van der Waals surface area contributed by atoms with Crippen molar-refractivity contribution in [2.45, 2.75) is 38.3 Å². The van der Waals surface area contributed by atoms with Crippen molar-refractivity contribution in [1.29, 1.82) is 0 Å². The van der Waals surface area contributed by atoms with Gasteiger partial charge >= 0.3 is 0 Å². The lowest BCUT2D eigenvalue weighted by atomic mass is 10.2. The Bertz CT molecular complexity index is 295. The number of nitrogens with two attached hydrogens (primary N) is 1. The topological polar surface area (TPSA) is 67.6 Å². The van der Waals surface area contributed by atoms with Gasteiger partial charge in [-0.05, 0) is 19.8 Å². The number of hydrogen-bond donors (Lipinski definition) is 2. The molecular formula is C12H23N3O2S. The molecule has 0 aromatic heterocycles. The van der Waals surface area contributed by atoms with Crippen LogP contribution in [0.4, 0.5) is 0 Å². The van der Waals surface area contributed by atoms with E-state index in [1.165, 1.54) is 0 Å². The van der Waals surface area contributed by atoms with E-state index in [1.807, 2.05) is 6.92 Å². The molecule has 1 aliphatic rings. The van der Waals surface area contributed by atoms with E-state index in [4.69, 9.17) is 22.7 Å². The average Bonchev–Trinajstić information content (AvgIpc) is 3.13. The number of ether oxygens (including phenoxy) is 1. The molecule has 3 N–H and O–H groups in total. The van der Waals surface area contributed by atoms with Gasteiger partial charge in [0.15, 0.2) is 0 Å². The molecule has 6 heteroatoms. The lowest BCUT2D eigenvalue weighted by Crippen LogP contribution is -2.47. The second kappa shape index (κ2) is 7.66. The maximum Gasteiger partial charge on any atom is 0.237 e. The molecule has 0 heterocycles. The third-order valence-corrected chi connectivity index (χ3v) is 3.32. The number of hydrogen-bond acceptors (Lipinski definition) is 4. The molecule has 0 saturated heterocycles. The summed E-state index contributed by atoms with van der Waals surface area (Å²) in [5.41, 5.74) is 5.52. The van der Waals surface area contributed by atoms with Crippen molar-refractivity contribution in [2.75, 3.05) is 26.8 Å². The Kier molecular flexibility index (Phi) is 6.52. The molecule has 0 aliphatic heterocycles. The Labute approximate surface area is 114 Å². The van der Waals surface area contributed by atoms with E-state index in [9.17, 15) is 4.79 Å². The third kappa shape index (κ3) is 5.29. The molecule has 104 valence electrons. The minimum Gasteiger partial charge on any atom is -0.393 e. The van der Waals surface area contributed by atoms with Gasteiger partial charge in [-0.1, -0.05) is 12.2 Å². The van der Waals surface area contributed by atoms with Gasteiger partial charge in [0, 0.05) is 32.7 Å². The summed E-state index contributed by atoms with van der Waals surface area (Å²) < 4.78 is 4.91. The molecule has 0 radical (unpaired) electrons. The van der Waals surface area contributed by atoms with Crippen molar-refractivity contribution in [2.24, 2.45) is 5.73 Å². The number of thiocarbonyl (C=S) groups is 1. The van der Waals surface area contributed by atoms with Crippen molar-refractivity contribution < 1.29 is 9.53 Å². The molecule has 1 fully saturated rings. The van der Waals surface area contributed by atoms with E-state index in [1.54, 1.807) is 7.11 Å². The molecule has 18 heavy (non-hydrogen) atoms. The number of methoxy groups -OCH3 is 1. The van der Waals surface area contributed by atoms with E-state index in [0.717, 1.165) is 19.4 Å². The Morgan fingerprint density at radius 3 is 2.78 bits per heavy atom. The number of nitrogens with zero attached hydrogens (tertiary/aromatic N) is 1. The Balaban J connectivity index is 2.40. The Morgan fingerprint density at radius 2 is 2.28 bits per heavy atom. The predicted octanol–water partition coefficient (Wildman–Crippen LogP) is 0.278. The second-order valence-electron chi connectivity index (χ2n) is 4.65. The maximum absolute atomic E-state index is 12.0. The van der Waals surface area contributed by atoms with E-state index in [0.29, 0.717) is 30.6 Å². The fourth-order valence-corrected chi connectivity index (χ4v) is 2.00. The minimum atomic E-state index is -0.135. The highest BCUT2D eigenvalue weighted by Gasteiger charge is 2.34. The van der Waals surface area contributed by atoms with E-state index in [2.05, 4.69) is 10.2 Å². The summed E-state index contributed by atoms with van der Waals surface area (Å²) in [5, 5.41) is 2.86. The molecule has 5 nitrogen and oxygen atoms in total. The standard InChI is InChI=1S/C12H23N3O2S/c1-9(12(16)14-6-8-17-2)15(10-3-4-10)7-5-11(13)18/h9-10H,3-8H2,1-2H3,(H2,13,18)(H,14,16). The van der Waals surface area contributed by atoms with Gasteiger partial charge in [0.25, 0.3) is 0 Å². The Hall–Kier alpha value is -0.720. The monoisotopic (exact) mass is 273 g/mol. The van der Waals surface area contributed by atoms with E-state index >= 15 is 0 Å². The molecule has 0 bridgehead atoms. The molecule has 1 rings (SSSR count). The first-order valence-electron chi connectivity index (χ1n) is 6.37. The lowest BCUT2D eigenvalue weighted by molar-refractivity contribution is -0.126. The number of carbonyl (C=O) groups excluding carboxylic acids is 1. The molecular weight excluding hydrogens is 250 g/mol. The van der Waals surface area contributed by atoms with Crippen molar-refractivity contribution in [3.63, 3.8) is 0 Å². The fraction of sp³-hybridized carbons (Fsp3) is 0.833. The summed E-state index contributed by atoms with van der Waals surface area (Å²) in [4.78, 5) is 14.7. The maximum atomic E-state index is 12.0. The summed E-state index contributed by atoms with van der Waals surface area (Å²) in [6, 6.07) is 0.381. The normalized spacial score (nSPS) is 16.6. The zero-order valence-electron chi connectivity index (χ0n) is 11.1. The average molecular weight is 273 g/mol. The number of amides is 1. The summed E-state index contributed by atoms with van der Waals surface area (Å²) >= 11 is 4.89. The van der Waals surface area contributed by atoms with Gasteiger partial charge in [-0.3, -0.25) is 9.69 Å². The lowest BCUT2D eigenvalue weighted by Gasteiger charge is -2.28. The zero-order valence-corrected chi connectivity index (χ0v) is 12.0. The van der Waals surface area contributed by atoms with Crippen LogP contribution in [-0.4, -0.2) is 54.7 Å². The quantitative estimate of drug-likeness (QED) is 0.466. The first-order chi connectivity index (χ1) is 8.56. The van der Waals surface area contributed by atoms with Gasteiger partial charge in [-0.15, -0.1) is 0 Å². The highest BCUT2D eigenvalue weighted by Crippen LogP contribution is 2.28. The SMILES string of the molecule is COCCNC(=O)C(C)N(CCC(N)=S)C1CC1. The molecule has 1 saturated carbocycles. The summed E-state index contributed by atoms with van der Waals surface area (Å²) in [7, 11) is 1.62. The van der Waals surface area contributed by atoms with Crippen LogP contribution in [-0.2, 0) is 9.53 Å². The van der Waals surface area contributed by atoms with Crippen LogP contribution in [0.25, 0.3) is 0 Å². The van der Waals surface area contributed by atoms with Crippen molar-refractivity contribution in [3.05, 3.63) is 0 Å². The van der Waals surface area contributed by atoms with Gasteiger partial charge in [0.05, 0.1) is 17.6 Å². The predicted molar refractivity (Wildman–Crippen MR) is 75.5 cm³/mol. The molecule has 0 aromatic carbocycles. The molecule has 1 aliphatic carbocycles. The summed E-state index contributed by atoms with van der Waals surface area (Å²) in [6.07, 6.45) is 2.99. The number of carbonyl (C=O) groups is 1. The van der Waals surface area contributed by atoms with Crippen LogP contribution in [0.5, 0.6) is 0 Å². The number of rotatable bonds is 9. The van der Waals surface area contributed by atoms with Crippen LogP contribution >= 0.6 is 12.2 Å². The highest BCUT2D eigenvalue weighted by atomic mass is 32.1. The largest absolute Gasteiger partial charge is 0.393 e. The molecule has 1 atom stereocenters. The third-order valence-electron chi connectivity index (χ3n) is 3.11. The van der Waals surface area contributed by atoms with E-state index in [-0.39, 0.29) is 11.9 Å². The van der Waals surface area contributed by atoms with Gasteiger partial charge in [0.1, 0.15) is 0 Å². The van der Waals surface area contributed by atoms with Gasteiger partial charge in [-0.2, -0.15) is 0 Å². The molecule has 1 unspecified atom stereocenters. The van der Waals surface area contributed by atoms with Crippen LogP contribution in [0.1, 0.15) is 26.2 Å². The first kappa shape index (κ1) is 15.3. The van der Waals surface area contributed by atoms with E-state index < -0.39 is 0 Å². The van der Waals surface area contributed by atoms with Gasteiger partial charge in [-0.25, -0.2) is 0 Å². The minimum absolute atomic E-state index is 0.0434. The van der Waals surface area contributed by atoms with Gasteiger partial charge < -0.3 is 15.8 Å². The van der Waals surface area contributed by atoms with Crippen molar-refractivity contribution in [3.8, 4) is 0 Å². The van der Waals surface area contributed by atoms with Crippen LogP contribution in [0.3, 0.4) is 0 Å². The van der Waals surface area contributed by atoms with Crippen molar-refractivity contribution in [1.82, 2.24) is 10.2 Å². The Morgan fingerprint density at radius 1 is 1.61 bits per heavy atom. The molecule has 0 spiro atoms. The van der Waals surface area contributed by atoms with Crippen LogP contribution in [0.2, 0.25) is 0 Å². The number of nitrogens with one attached hydrogen (secondary N) is 1. The van der Waals surface area contributed by atoms with Crippen molar-refractivity contribution >= 4 is 23.1 Å². The van der Waals surface area contributed by atoms with Crippen LogP contribution in [0, 0.1) is 0 Å². The fourth-order valence-electron chi connectivity index (χ4n) is 1.91. The molecule has 1 amide bonds. The van der Waals surface area contributed by atoms with Crippen LogP contribution < -0.4 is 11.1 Å². The van der Waals surface area contributed by atoms with Crippen LogP contribution in [0.15, 0.2) is 0 Å². The smallest absolute Gasteiger partial charge is 0.237 e. The second-order valence-corrected chi connectivity index (χ2v) is 5.17. The first-order valence-corrected chi connectivity index (χ1v) is 6.77. The molecule has 0 aromatic rings. The summed E-state index contributed by atoms with van der Waals surface area (Å²) in [6.45, 7) is 3.78. The zero-order chi connectivity index (χ0) is 13.5.